The number of methoxy groups -OCH3 is 1. The molecule has 9 heteroatoms. The lowest BCUT2D eigenvalue weighted by Gasteiger charge is -2.32. The van der Waals surface area contributed by atoms with Gasteiger partial charge in [0.2, 0.25) is 0 Å². The van der Waals surface area contributed by atoms with E-state index >= 15 is 0 Å². The van der Waals surface area contributed by atoms with Gasteiger partial charge in [-0.25, -0.2) is 8.78 Å². The van der Waals surface area contributed by atoms with Crippen LogP contribution in [0.1, 0.15) is 40.8 Å². The van der Waals surface area contributed by atoms with E-state index in [0.29, 0.717) is 32.5 Å². The van der Waals surface area contributed by atoms with Crippen molar-refractivity contribution in [2.75, 3.05) is 26.7 Å². The van der Waals surface area contributed by atoms with Gasteiger partial charge >= 0.3 is 0 Å². The first-order valence-corrected chi connectivity index (χ1v) is 9.04. The molecule has 2 aliphatic rings. The summed E-state index contributed by atoms with van der Waals surface area (Å²) in [5, 5.41) is 11.8. The van der Waals surface area contributed by atoms with E-state index in [1.807, 2.05) is 0 Å². The van der Waals surface area contributed by atoms with Crippen LogP contribution in [0.3, 0.4) is 0 Å². The molecule has 0 spiro atoms. The van der Waals surface area contributed by atoms with E-state index in [9.17, 15) is 13.6 Å². The first kappa shape index (κ1) is 17.8. The molecular weight excluding hydrogens is 356 g/mol. The van der Waals surface area contributed by atoms with Crippen LogP contribution in [-0.2, 0) is 13.1 Å². The van der Waals surface area contributed by atoms with Gasteiger partial charge in [0, 0.05) is 32.1 Å². The lowest BCUT2D eigenvalue weighted by molar-refractivity contribution is 0.0700. The Kier molecular flexibility index (Phi) is 4.77. The van der Waals surface area contributed by atoms with Crippen molar-refractivity contribution in [2.24, 2.45) is 0 Å². The Morgan fingerprint density at radius 1 is 1.19 bits per heavy atom. The maximum absolute atomic E-state index is 14.2. The van der Waals surface area contributed by atoms with Crippen LogP contribution in [0.2, 0.25) is 0 Å². The molecule has 1 fully saturated rings. The molecule has 1 saturated heterocycles. The molecule has 2 aromatic rings. The zero-order valence-corrected chi connectivity index (χ0v) is 15.0. The molecule has 3 heterocycles. The van der Waals surface area contributed by atoms with Crippen molar-refractivity contribution in [3.05, 3.63) is 41.0 Å². The topological polar surface area (TPSA) is 72.3 Å². The summed E-state index contributed by atoms with van der Waals surface area (Å²) in [6, 6.07) is 1.91. The highest BCUT2D eigenvalue weighted by molar-refractivity contribution is 5.97. The lowest BCUT2D eigenvalue weighted by Crippen LogP contribution is -2.39. The first-order valence-electron chi connectivity index (χ1n) is 9.04. The fourth-order valence-electron chi connectivity index (χ4n) is 3.85. The number of carbonyl (C=O) groups excluding carboxylic acids is 1. The minimum absolute atomic E-state index is 0.202. The first-order chi connectivity index (χ1) is 13.1. The van der Waals surface area contributed by atoms with Crippen molar-refractivity contribution in [1.29, 1.82) is 0 Å². The van der Waals surface area contributed by atoms with E-state index in [4.69, 9.17) is 4.74 Å². The molecule has 0 saturated carbocycles. The number of aromatic nitrogens is 3. The maximum Gasteiger partial charge on any atom is 0.260 e. The van der Waals surface area contributed by atoms with Gasteiger partial charge in [-0.1, -0.05) is 0 Å². The summed E-state index contributed by atoms with van der Waals surface area (Å²) in [5.41, 5.74) is -0.345. The number of carbonyl (C=O) groups is 1. The van der Waals surface area contributed by atoms with E-state index < -0.39 is 17.5 Å². The van der Waals surface area contributed by atoms with Crippen molar-refractivity contribution in [3.8, 4) is 5.75 Å². The highest BCUT2D eigenvalue weighted by atomic mass is 19.1. The van der Waals surface area contributed by atoms with Crippen LogP contribution in [0.4, 0.5) is 8.78 Å². The Morgan fingerprint density at radius 3 is 2.67 bits per heavy atom. The molecule has 0 radical (unpaired) electrons. The van der Waals surface area contributed by atoms with E-state index in [1.54, 1.807) is 4.90 Å². The van der Waals surface area contributed by atoms with Crippen molar-refractivity contribution < 1.29 is 18.3 Å². The van der Waals surface area contributed by atoms with Crippen LogP contribution in [0, 0.1) is 11.6 Å². The monoisotopic (exact) mass is 377 g/mol. The van der Waals surface area contributed by atoms with Gasteiger partial charge in [0.05, 0.1) is 13.7 Å². The molecule has 144 valence electrons. The van der Waals surface area contributed by atoms with Crippen LogP contribution < -0.4 is 10.1 Å². The number of benzene rings is 1. The van der Waals surface area contributed by atoms with E-state index in [2.05, 4.69) is 20.1 Å². The van der Waals surface area contributed by atoms with E-state index in [1.165, 1.54) is 7.11 Å². The van der Waals surface area contributed by atoms with Crippen LogP contribution in [0.15, 0.2) is 12.1 Å². The van der Waals surface area contributed by atoms with Crippen molar-refractivity contribution in [3.63, 3.8) is 0 Å². The summed E-state index contributed by atoms with van der Waals surface area (Å²) in [7, 11) is 1.23. The predicted octanol–water partition coefficient (Wildman–Crippen LogP) is 1.69. The highest BCUT2D eigenvalue weighted by Gasteiger charge is 2.32. The third-order valence-corrected chi connectivity index (χ3v) is 5.28. The summed E-state index contributed by atoms with van der Waals surface area (Å²) in [5.74, 6) is -0.335. The van der Waals surface area contributed by atoms with Gasteiger partial charge in [0.1, 0.15) is 23.0 Å². The summed E-state index contributed by atoms with van der Waals surface area (Å²) in [6.45, 7) is 3.33. The van der Waals surface area contributed by atoms with E-state index in [-0.39, 0.29) is 17.2 Å². The second-order valence-corrected chi connectivity index (χ2v) is 6.81. The number of amides is 1. The van der Waals surface area contributed by atoms with Gasteiger partial charge in [-0.2, -0.15) is 0 Å². The number of nitrogens with zero attached hydrogens (tertiary/aromatic N) is 4. The number of hydrogen-bond acceptors (Lipinski definition) is 5. The second kappa shape index (κ2) is 7.22. The molecule has 4 rings (SSSR count). The van der Waals surface area contributed by atoms with Crippen molar-refractivity contribution >= 4 is 5.91 Å². The molecular formula is C18H21F2N5O2. The average Bonchev–Trinajstić information content (AvgIpc) is 3.13. The molecule has 0 aliphatic carbocycles. The standard InChI is InChI=1S/C18H21F2N5O2/c1-27-16-13(20)3-2-12(19)15(16)18(26)24-7-4-11(5-8-24)17-23-22-14-10-21-6-9-25(14)17/h2-3,11,21H,4-10H2,1H3. The minimum Gasteiger partial charge on any atom is -0.493 e. The molecule has 0 unspecified atom stereocenters. The summed E-state index contributed by atoms with van der Waals surface area (Å²) >= 11 is 0. The number of nitrogens with one attached hydrogen (secondary N) is 1. The predicted molar refractivity (Wildman–Crippen MR) is 92.5 cm³/mol. The normalized spacial score (nSPS) is 17.7. The largest absolute Gasteiger partial charge is 0.493 e. The third kappa shape index (κ3) is 3.16. The Balaban J connectivity index is 1.49. The molecule has 1 aromatic heterocycles. The zero-order chi connectivity index (χ0) is 19.0. The lowest BCUT2D eigenvalue weighted by atomic mass is 9.95. The smallest absolute Gasteiger partial charge is 0.260 e. The molecule has 27 heavy (non-hydrogen) atoms. The van der Waals surface area contributed by atoms with Crippen LogP contribution in [0.5, 0.6) is 5.75 Å². The molecule has 1 N–H and O–H groups in total. The fraction of sp³-hybridized carbons (Fsp3) is 0.500. The number of rotatable bonds is 3. The van der Waals surface area contributed by atoms with Crippen LogP contribution in [0.25, 0.3) is 0 Å². The number of fused-ring (bicyclic) bond motifs is 1. The van der Waals surface area contributed by atoms with Gasteiger partial charge in [0.15, 0.2) is 11.6 Å². The Labute approximate surface area is 155 Å². The SMILES string of the molecule is COc1c(F)ccc(F)c1C(=O)N1CCC(c2nnc3n2CCNC3)CC1. The summed E-state index contributed by atoms with van der Waals surface area (Å²) < 4.78 is 35.1. The Morgan fingerprint density at radius 2 is 1.93 bits per heavy atom. The molecule has 1 amide bonds. The van der Waals surface area contributed by atoms with Gasteiger partial charge < -0.3 is 19.5 Å². The Bertz CT molecular complexity index is 862. The van der Waals surface area contributed by atoms with Gasteiger partial charge in [-0.3, -0.25) is 4.79 Å². The number of ether oxygens (including phenoxy) is 1. The highest BCUT2D eigenvalue weighted by Crippen LogP contribution is 2.31. The Hall–Kier alpha value is -2.55. The fourth-order valence-corrected chi connectivity index (χ4v) is 3.85. The molecule has 0 bridgehead atoms. The second-order valence-electron chi connectivity index (χ2n) is 6.81. The average molecular weight is 377 g/mol. The number of likely N-dealkylation sites (tertiary alicyclic amines) is 1. The van der Waals surface area contributed by atoms with E-state index in [0.717, 1.165) is 36.9 Å². The van der Waals surface area contributed by atoms with Crippen LogP contribution in [-0.4, -0.2) is 52.3 Å². The molecule has 0 atom stereocenters. The number of piperidine rings is 1. The maximum atomic E-state index is 14.2. The quantitative estimate of drug-likeness (QED) is 0.881. The van der Waals surface area contributed by atoms with Gasteiger partial charge in [-0.05, 0) is 25.0 Å². The zero-order valence-electron chi connectivity index (χ0n) is 15.0. The number of hydrogen-bond donors (Lipinski definition) is 1. The van der Waals surface area contributed by atoms with Gasteiger partial charge in [-0.15, -0.1) is 10.2 Å². The molecule has 2 aliphatic heterocycles. The molecule has 7 nitrogen and oxygen atoms in total. The molecule has 1 aromatic carbocycles. The van der Waals surface area contributed by atoms with Crippen molar-refractivity contribution in [2.45, 2.75) is 31.8 Å². The third-order valence-electron chi connectivity index (χ3n) is 5.28. The summed E-state index contributed by atoms with van der Waals surface area (Å²) in [6.07, 6.45) is 1.41. The number of halogens is 2. The minimum atomic E-state index is -0.778. The van der Waals surface area contributed by atoms with Gasteiger partial charge in [0.25, 0.3) is 5.91 Å². The summed E-state index contributed by atoms with van der Waals surface area (Å²) in [4.78, 5) is 14.3. The van der Waals surface area contributed by atoms with Crippen molar-refractivity contribution in [1.82, 2.24) is 25.0 Å². The van der Waals surface area contributed by atoms with Crippen LogP contribution >= 0.6 is 0 Å².